The molecule has 0 amide bonds. The van der Waals surface area contributed by atoms with Crippen molar-refractivity contribution in [3.05, 3.63) is 65.8 Å². The molecule has 0 spiro atoms. The molecule has 1 rings (SSSR count). The number of allylic oxidation sites excluding steroid dienone is 8. The lowest BCUT2D eigenvalue weighted by molar-refractivity contribution is -0.114. The van der Waals surface area contributed by atoms with Crippen LogP contribution in [0, 0.1) is 0 Å². The molecule has 8 nitrogen and oxygen atoms in total. The van der Waals surface area contributed by atoms with Crippen LogP contribution < -0.4 is 0 Å². The molecular formula is C22H26O8S2. The molecule has 1 aromatic rings. The SMILES string of the molecule is CCCC\C=C/C(=C/C=O)C(=C/C=C\C(=O)CC)/c1ccc(S(=O)(=O)O)cc1S(=O)(=O)O. The maximum absolute atomic E-state index is 12.0. The van der Waals surface area contributed by atoms with E-state index in [1.54, 1.807) is 19.1 Å². The highest BCUT2D eigenvalue weighted by Crippen LogP contribution is 2.32. The zero-order valence-electron chi connectivity index (χ0n) is 17.8. The van der Waals surface area contributed by atoms with Crippen molar-refractivity contribution in [3.8, 4) is 0 Å². The van der Waals surface area contributed by atoms with Gasteiger partial charge < -0.3 is 0 Å². The Kier molecular flexibility index (Phi) is 10.6. The van der Waals surface area contributed by atoms with Gasteiger partial charge in [0.2, 0.25) is 0 Å². The van der Waals surface area contributed by atoms with Crippen LogP contribution in [0.5, 0.6) is 0 Å². The summed E-state index contributed by atoms with van der Waals surface area (Å²) in [7, 11) is -9.68. The van der Waals surface area contributed by atoms with E-state index in [4.69, 9.17) is 0 Å². The van der Waals surface area contributed by atoms with Gasteiger partial charge in [-0.05, 0) is 41.9 Å². The molecule has 0 aliphatic carbocycles. The lowest BCUT2D eigenvalue weighted by Gasteiger charge is -2.13. The standard InChI is InChI=1S/C22H26O8S2/c1-3-5-6-7-9-17(14-15-23)20(11-8-10-18(24)4-2)21-13-12-19(31(25,26)27)16-22(21)32(28,29)30/h7-16H,3-6H2,1-2H3,(H,25,26,27)(H,28,29,30)/b9-7-,10-8-,17-14-,20-11-. The van der Waals surface area contributed by atoms with E-state index in [1.807, 2.05) is 6.92 Å². The fraction of sp³-hybridized carbons (Fsp3) is 0.273. The number of aldehydes is 1. The fourth-order valence-electron chi connectivity index (χ4n) is 2.65. The molecule has 1 aromatic carbocycles. The third-order valence-electron chi connectivity index (χ3n) is 4.29. The maximum atomic E-state index is 12.0. The topological polar surface area (TPSA) is 143 Å². The summed E-state index contributed by atoms with van der Waals surface area (Å²) in [5.74, 6) is -0.197. The molecule has 0 radical (unpaired) electrons. The van der Waals surface area contributed by atoms with Crippen LogP contribution >= 0.6 is 0 Å². The number of rotatable bonds is 12. The van der Waals surface area contributed by atoms with Gasteiger partial charge in [-0.25, -0.2) is 0 Å². The Bertz CT molecular complexity index is 1170. The molecule has 0 fully saturated rings. The minimum Gasteiger partial charge on any atom is -0.299 e. The third-order valence-corrected chi connectivity index (χ3v) is 6.04. The highest BCUT2D eigenvalue weighted by atomic mass is 32.2. The first-order valence-electron chi connectivity index (χ1n) is 9.78. The largest absolute Gasteiger partial charge is 0.299 e. The highest BCUT2D eigenvalue weighted by molar-refractivity contribution is 7.86. The summed E-state index contributed by atoms with van der Waals surface area (Å²) < 4.78 is 65.9. The number of hydrogen-bond donors (Lipinski definition) is 2. The van der Waals surface area contributed by atoms with Gasteiger partial charge in [-0.3, -0.25) is 18.7 Å². The first kappa shape index (κ1) is 27.4. The molecule has 0 heterocycles. The van der Waals surface area contributed by atoms with Crippen LogP contribution in [0.15, 0.2) is 70.0 Å². The monoisotopic (exact) mass is 482 g/mol. The Morgan fingerprint density at radius 2 is 1.69 bits per heavy atom. The predicted molar refractivity (Wildman–Crippen MR) is 121 cm³/mol. The van der Waals surface area contributed by atoms with Crippen molar-refractivity contribution < 1.29 is 35.5 Å². The maximum Gasteiger partial charge on any atom is 0.295 e. The van der Waals surface area contributed by atoms with Crippen molar-refractivity contribution in [3.63, 3.8) is 0 Å². The molecule has 0 atom stereocenters. The highest BCUT2D eigenvalue weighted by Gasteiger charge is 2.23. The van der Waals surface area contributed by atoms with Gasteiger partial charge in [0.25, 0.3) is 20.2 Å². The van der Waals surface area contributed by atoms with Crippen molar-refractivity contribution in [2.45, 2.75) is 49.3 Å². The van der Waals surface area contributed by atoms with Crippen LogP contribution in [-0.2, 0) is 29.8 Å². The van der Waals surface area contributed by atoms with Crippen LogP contribution in [0.2, 0.25) is 0 Å². The average molecular weight is 483 g/mol. The molecule has 32 heavy (non-hydrogen) atoms. The van der Waals surface area contributed by atoms with Crippen LogP contribution in [0.25, 0.3) is 5.57 Å². The summed E-state index contributed by atoms with van der Waals surface area (Å²) >= 11 is 0. The number of carbonyl (C=O) groups is 2. The first-order valence-corrected chi connectivity index (χ1v) is 12.7. The Morgan fingerprint density at radius 1 is 1.00 bits per heavy atom. The van der Waals surface area contributed by atoms with E-state index in [0.29, 0.717) is 18.8 Å². The average Bonchev–Trinajstić information content (AvgIpc) is 2.72. The van der Waals surface area contributed by atoms with E-state index in [1.165, 1.54) is 24.3 Å². The van der Waals surface area contributed by atoms with Gasteiger partial charge in [-0.1, -0.05) is 57.1 Å². The van der Waals surface area contributed by atoms with Gasteiger partial charge in [0.1, 0.15) is 11.2 Å². The van der Waals surface area contributed by atoms with Crippen LogP contribution in [0.1, 0.15) is 45.1 Å². The zero-order valence-corrected chi connectivity index (χ0v) is 19.4. The quantitative estimate of drug-likeness (QED) is 0.150. The molecule has 0 unspecified atom stereocenters. The van der Waals surface area contributed by atoms with Gasteiger partial charge in [0.05, 0.1) is 4.90 Å². The normalized spacial score (nSPS) is 13.8. The van der Waals surface area contributed by atoms with Crippen LogP contribution in [0.4, 0.5) is 0 Å². The van der Waals surface area contributed by atoms with Gasteiger partial charge >= 0.3 is 0 Å². The second-order valence-corrected chi connectivity index (χ2v) is 9.48. The van der Waals surface area contributed by atoms with Crippen molar-refractivity contribution in [2.24, 2.45) is 0 Å². The third kappa shape index (κ3) is 8.46. The molecule has 0 bridgehead atoms. The summed E-state index contributed by atoms with van der Waals surface area (Å²) in [5.41, 5.74) is 0.287. The predicted octanol–water partition coefficient (Wildman–Crippen LogP) is 3.97. The summed E-state index contributed by atoms with van der Waals surface area (Å²) in [5, 5.41) is 0. The van der Waals surface area contributed by atoms with Crippen molar-refractivity contribution in [1.82, 2.24) is 0 Å². The molecule has 0 aliphatic heterocycles. The summed E-state index contributed by atoms with van der Waals surface area (Å²) in [6, 6.07) is 2.67. The molecule has 0 saturated carbocycles. The zero-order chi connectivity index (χ0) is 24.4. The second kappa shape index (κ2) is 12.4. The van der Waals surface area contributed by atoms with Crippen LogP contribution in [0.3, 0.4) is 0 Å². The molecule has 0 aliphatic rings. The van der Waals surface area contributed by atoms with Crippen molar-refractivity contribution >= 4 is 37.9 Å². The summed E-state index contributed by atoms with van der Waals surface area (Å²) in [6.07, 6.45) is 11.8. The van der Waals surface area contributed by atoms with Gasteiger partial charge in [-0.15, -0.1) is 0 Å². The molecule has 2 N–H and O–H groups in total. The van der Waals surface area contributed by atoms with Crippen molar-refractivity contribution in [1.29, 1.82) is 0 Å². The Morgan fingerprint density at radius 3 is 2.22 bits per heavy atom. The molecule has 0 saturated heterocycles. The summed E-state index contributed by atoms with van der Waals surface area (Å²) in [6.45, 7) is 3.67. The molecule has 0 aromatic heterocycles. The molecule has 10 heteroatoms. The number of unbranched alkanes of at least 4 members (excludes halogenated alkanes) is 2. The van der Waals surface area contributed by atoms with E-state index in [2.05, 4.69) is 0 Å². The molecule has 174 valence electrons. The smallest absolute Gasteiger partial charge is 0.295 e. The summed E-state index contributed by atoms with van der Waals surface area (Å²) in [4.78, 5) is 21.3. The second-order valence-electron chi connectivity index (χ2n) is 6.67. The number of ketones is 1. The Hall–Kier alpha value is -2.66. The van der Waals surface area contributed by atoms with Crippen molar-refractivity contribution in [2.75, 3.05) is 0 Å². The molecular weight excluding hydrogens is 456 g/mol. The van der Waals surface area contributed by atoms with Gasteiger partial charge in [0, 0.05) is 12.0 Å². The van der Waals surface area contributed by atoms with E-state index in [9.17, 15) is 35.5 Å². The van der Waals surface area contributed by atoms with E-state index in [0.717, 1.165) is 25.0 Å². The minimum atomic E-state index is -4.93. The fourth-order valence-corrected chi connectivity index (χ4v) is 3.96. The van der Waals surface area contributed by atoms with E-state index < -0.39 is 30.0 Å². The number of hydrogen-bond acceptors (Lipinski definition) is 6. The lowest BCUT2D eigenvalue weighted by Crippen LogP contribution is -2.07. The van der Waals surface area contributed by atoms with E-state index >= 15 is 0 Å². The number of benzene rings is 1. The Labute approximate surface area is 188 Å². The van der Waals surface area contributed by atoms with Crippen LogP contribution in [-0.4, -0.2) is 38.0 Å². The Balaban J connectivity index is 3.84. The van der Waals surface area contributed by atoms with Gasteiger partial charge in [0.15, 0.2) is 5.78 Å². The first-order chi connectivity index (χ1) is 15.0. The number of carbonyl (C=O) groups excluding carboxylic acids is 2. The minimum absolute atomic E-state index is 0.123. The lowest BCUT2D eigenvalue weighted by atomic mass is 9.96. The van der Waals surface area contributed by atoms with E-state index in [-0.39, 0.29) is 28.9 Å². The van der Waals surface area contributed by atoms with Gasteiger partial charge in [-0.2, -0.15) is 16.8 Å².